The quantitative estimate of drug-likeness (QED) is 0.818. The highest BCUT2D eigenvalue weighted by atomic mass is 127. The molecule has 0 saturated heterocycles. The van der Waals surface area contributed by atoms with E-state index in [1.54, 1.807) is 0 Å². The molecule has 1 aromatic rings. The third-order valence-corrected chi connectivity index (χ3v) is 2.55. The van der Waals surface area contributed by atoms with E-state index in [0.717, 1.165) is 5.69 Å². The summed E-state index contributed by atoms with van der Waals surface area (Å²) in [6, 6.07) is 8.09. The van der Waals surface area contributed by atoms with Gasteiger partial charge in [-0.2, -0.15) is 0 Å². The van der Waals surface area contributed by atoms with E-state index >= 15 is 0 Å². The normalized spacial score (nSPS) is 9.73. The van der Waals surface area contributed by atoms with Gasteiger partial charge < -0.3 is 10.6 Å². The number of rotatable bonds is 5. The SMILES string of the molecule is CCNC(=O)CCNc1cccc(I)c1. The summed E-state index contributed by atoms with van der Waals surface area (Å²) in [5.41, 5.74) is 1.06. The van der Waals surface area contributed by atoms with Gasteiger partial charge in [-0.05, 0) is 47.7 Å². The summed E-state index contributed by atoms with van der Waals surface area (Å²) >= 11 is 2.26. The Morgan fingerprint density at radius 3 is 2.93 bits per heavy atom. The van der Waals surface area contributed by atoms with Gasteiger partial charge in [0.15, 0.2) is 0 Å². The van der Waals surface area contributed by atoms with Crippen LogP contribution >= 0.6 is 22.6 Å². The zero-order valence-electron chi connectivity index (χ0n) is 8.72. The largest absolute Gasteiger partial charge is 0.384 e. The van der Waals surface area contributed by atoms with Gasteiger partial charge in [-0.3, -0.25) is 4.79 Å². The molecule has 0 unspecified atom stereocenters. The van der Waals surface area contributed by atoms with Crippen LogP contribution in [-0.4, -0.2) is 19.0 Å². The summed E-state index contributed by atoms with van der Waals surface area (Å²) in [5, 5.41) is 5.97. The van der Waals surface area contributed by atoms with Crippen molar-refractivity contribution in [3.63, 3.8) is 0 Å². The molecule has 0 aromatic heterocycles. The molecular weight excluding hydrogens is 303 g/mol. The summed E-state index contributed by atoms with van der Waals surface area (Å²) in [6.45, 7) is 3.29. The van der Waals surface area contributed by atoms with E-state index in [4.69, 9.17) is 0 Å². The highest BCUT2D eigenvalue weighted by Crippen LogP contribution is 2.11. The number of benzene rings is 1. The zero-order valence-corrected chi connectivity index (χ0v) is 10.9. The molecule has 3 nitrogen and oxygen atoms in total. The van der Waals surface area contributed by atoms with Gasteiger partial charge >= 0.3 is 0 Å². The number of hydrogen-bond donors (Lipinski definition) is 2. The third kappa shape index (κ3) is 5.01. The fourth-order valence-electron chi connectivity index (χ4n) is 1.20. The third-order valence-electron chi connectivity index (χ3n) is 1.88. The predicted octanol–water partition coefficient (Wildman–Crippen LogP) is 2.23. The van der Waals surface area contributed by atoms with E-state index in [-0.39, 0.29) is 5.91 Å². The molecule has 0 aliphatic heterocycles. The van der Waals surface area contributed by atoms with E-state index in [9.17, 15) is 4.79 Å². The van der Waals surface area contributed by atoms with Crippen LogP contribution in [0, 0.1) is 3.57 Å². The highest BCUT2D eigenvalue weighted by Gasteiger charge is 1.98. The molecule has 1 rings (SSSR count). The van der Waals surface area contributed by atoms with Gasteiger partial charge in [0.2, 0.25) is 5.91 Å². The summed E-state index contributed by atoms with van der Waals surface area (Å²) in [4.78, 5) is 11.1. The van der Waals surface area contributed by atoms with Gasteiger partial charge in [0, 0.05) is 28.8 Å². The maximum absolute atomic E-state index is 11.1. The lowest BCUT2D eigenvalue weighted by atomic mass is 10.3. The minimum absolute atomic E-state index is 0.0932. The Morgan fingerprint density at radius 2 is 2.27 bits per heavy atom. The Hall–Kier alpha value is -0.780. The molecule has 0 aliphatic rings. The van der Waals surface area contributed by atoms with Crippen LogP contribution in [0.1, 0.15) is 13.3 Å². The first-order chi connectivity index (χ1) is 7.22. The van der Waals surface area contributed by atoms with Gasteiger partial charge in [0.05, 0.1) is 0 Å². The van der Waals surface area contributed by atoms with Crippen LogP contribution in [0.3, 0.4) is 0 Å². The minimum Gasteiger partial charge on any atom is -0.384 e. The number of hydrogen-bond acceptors (Lipinski definition) is 2. The Morgan fingerprint density at radius 1 is 1.47 bits per heavy atom. The van der Waals surface area contributed by atoms with Crippen molar-refractivity contribution in [2.75, 3.05) is 18.4 Å². The van der Waals surface area contributed by atoms with Gasteiger partial charge in [0.1, 0.15) is 0 Å². The molecule has 1 amide bonds. The van der Waals surface area contributed by atoms with E-state index in [1.165, 1.54) is 3.57 Å². The number of nitrogens with one attached hydrogen (secondary N) is 2. The van der Waals surface area contributed by atoms with Crippen LogP contribution in [0.25, 0.3) is 0 Å². The molecule has 0 fully saturated rings. The molecule has 2 N–H and O–H groups in total. The van der Waals surface area contributed by atoms with E-state index < -0.39 is 0 Å². The maximum atomic E-state index is 11.1. The molecule has 15 heavy (non-hydrogen) atoms. The first-order valence-electron chi connectivity index (χ1n) is 4.98. The van der Waals surface area contributed by atoms with E-state index in [1.807, 2.05) is 25.1 Å². The molecule has 4 heteroatoms. The first kappa shape index (κ1) is 12.3. The number of carbonyl (C=O) groups excluding carboxylic acids is 1. The second-order valence-electron chi connectivity index (χ2n) is 3.14. The van der Waals surface area contributed by atoms with Crippen LogP contribution in [0.4, 0.5) is 5.69 Å². The van der Waals surface area contributed by atoms with Crippen molar-refractivity contribution in [1.29, 1.82) is 0 Å². The fraction of sp³-hybridized carbons (Fsp3) is 0.364. The van der Waals surface area contributed by atoms with Crippen molar-refractivity contribution < 1.29 is 4.79 Å². The van der Waals surface area contributed by atoms with Crippen molar-refractivity contribution >= 4 is 34.2 Å². The smallest absolute Gasteiger partial charge is 0.221 e. The predicted molar refractivity (Wildman–Crippen MR) is 70.9 cm³/mol. The molecule has 82 valence electrons. The van der Waals surface area contributed by atoms with Crippen LogP contribution in [0.2, 0.25) is 0 Å². The molecular formula is C11H15IN2O. The summed E-state index contributed by atoms with van der Waals surface area (Å²) in [6.07, 6.45) is 0.513. The van der Waals surface area contributed by atoms with Crippen molar-refractivity contribution in [1.82, 2.24) is 5.32 Å². The van der Waals surface area contributed by atoms with E-state index in [2.05, 4.69) is 39.3 Å². The van der Waals surface area contributed by atoms with Crippen LogP contribution < -0.4 is 10.6 Å². The molecule has 0 radical (unpaired) electrons. The fourth-order valence-corrected chi connectivity index (χ4v) is 1.75. The molecule has 0 heterocycles. The number of carbonyl (C=O) groups is 1. The molecule has 0 saturated carbocycles. The van der Waals surface area contributed by atoms with Gasteiger partial charge in [-0.1, -0.05) is 6.07 Å². The molecule has 0 bridgehead atoms. The Bertz CT molecular complexity index is 328. The number of amides is 1. The van der Waals surface area contributed by atoms with Crippen molar-refractivity contribution in [2.45, 2.75) is 13.3 Å². The van der Waals surface area contributed by atoms with Gasteiger partial charge in [-0.15, -0.1) is 0 Å². The van der Waals surface area contributed by atoms with Gasteiger partial charge in [-0.25, -0.2) is 0 Å². The van der Waals surface area contributed by atoms with Crippen LogP contribution in [0.15, 0.2) is 24.3 Å². The molecule has 0 spiro atoms. The average molecular weight is 318 g/mol. The second kappa shape index (κ2) is 6.66. The van der Waals surface area contributed by atoms with Crippen molar-refractivity contribution in [3.05, 3.63) is 27.8 Å². The van der Waals surface area contributed by atoms with Crippen molar-refractivity contribution in [2.24, 2.45) is 0 Å². The Balaban J connectivity index is 2.28. The summed E-state index contributed by atoms with van der Waals surface area (Å²) < 4.78 is 1.19. The van der Waals surface area contributed by atoms with Gasteiger partial charge in [0.25, 0.3) is 0 Å². The van der Waals surface area contributed by atoms with Crippen LogP contribution in [-0.2, 0) is 4.79 Å². The standard InChI is InChI=1S/C11H15IN2O/c1-2-13-11(15)6-7-14-10-5-3-4-9(12)8-10/h3-5,8,14H,2,6-7H2,1H3,(H,13,15). The lowest BCUT2D eigenvalue weighted by molar-refractivity contribution is -0.120. The maximum Gasteiger partial charge on any atom is 0.221 e. The number of anilines is 1. The number of halogens is 1. The monoisotopic (exact) mass is 318 g/mol. The Labute approximate surface area is 104 Å². The first-order valence-corrected chi connectivity index (χ1v) is 6.06. The van der Waals surface area contributed by atoms with Crippen molar-refractivity contribution in [3.8, 4) is 0 Å². The topological polar surface area (TPSA) is 41.1 Å². The second-order valence-corrected chi connectivity index (χ2v) is 4.39. The summed E-state index contributed by atoms with van der Waals surface area (Å²) in [5.74, 6) is 0.0932. The molecule has 1 aromatic carbocycles. The summed E-state index contributed by atoms with van der Waals surface area (Å²) in [7, 11) is 0. The minimum atomic E-state index is 0.0932. The molecule has 0 aliphatic carbocycles. The molecule has 0 atom stereocenters. The zero-order chi connectivity index (χ0) is 11.1. The van der Waals surface area contributed by atoms with Crippen LogP contribution in [0.5, 0.6) is 0 Å². The average Bonchev–Trinajstić information content (AvgIpc) is 2.18. The lowest BCUT2D eigenvalue weighted by Crippen LogP contribution is -2.24. The Kier molecular flexibility index (Phi) is 5.45. The highest BCUT2D eigenvalue weighted by molar-refractivity contribution is 14.1. The lowest BCUT2D eigenvalue weighted by Gasteiger charge is -2.06. The van der Waals surface area contributed by atoms with E-state index in [0.29, 0.717) is 19.5 Å².